The number of aryl methyl sites for hydroxylation is 1. The van der Waals surface area contributed by atoms with Crippen molar-refractivity contribution in [3.05, 3.63) is 30.1 Å². The molecule has 1 saturated carbocycles. The molecular formula is C19H27N5. The smallest absolute Gasteiger partial charge is 0.193 e. The predicted octanol–water partition coefficient (Wildman–Crippen LogP) is 2.80. The highest BCUT2D eigenvalue weighted by Gasteiger charge is 2.43. The quantitative estimate of drug-likeness (QED) is 0.697. The monoisotopic (exact) mass is 325 g/mol. The van der Waals surface area contributed by atoms with Crippen molar-refractivity contribution in [1.82, 2.24) is 19.8 Å². The average molecular weight is 325 g/mol. The predicted molar refractivity (Wildman–Crippen MR) is 98.3 cm³/mol. The fourth-order valence-electron chi connectivity index (χ4n) is 4.29. The Balaban J connectivity index is 1.38. The number of benzene rings is 1. The zero-order valence-electron chi connectivity index (χ0n) is 14.8. The summed E-state index contributed by atoms with van der Waals surface area (Å²) in [6.45, 7) is 6.18. The SMILES string of the molecule is CN=C(NCCn1c(C)nc2ccccc21)N1CCC2(CCC2)C1. The molecule has 2 heterocycles. The lowest BCUT2D eigenvalue weighted by atomic mass is 9.68. The number of nitrogens with zero attached hydrogens (tertiary/aromatic N) is 4. The van der Waals surface area contributed by atoms with Crippen LogP contribution in [0.4, 0.5) is 0 Å². The van der Waals surface area contributed by atoms with Gasteiger partial charge in [-0.1, -0.05) is 18.6 Å². The Labute approximate surface area is 143 Å². The highest BCUT2D eigenvalue weighted by molar-refractivity contribution is 5.80. The van der Waals surface area contributed by atoms with E-state index < -0.39 is 0 Å². The number of imidazole rings is 1. The molecule has 1 aliphatic carbocycles. The molecule has 1 N–H and O–H groups in total. The minimum atomic E-state index is 0.606. The van der Waals surface area contributed by atoms with Crippen LogP contribution in [0.25, 0.3) is 11.0 Å². The van der Waals surface area contributed by atoms with Crippen molar-refractivity contribution >= 4 is 17.0 Å². The van der Waals surface area contributed by atoms with E-state index in [0.717, 1.165) is 36.9 Å². The van der Waals surface area contributed by atoms with Crippen LogP contribution in [0.2, 0.25) is 0 Å². The van der Waals surface area contributed by atoms with E-state index in [-0.39, 0.29) is 0 Å². The fraction of sp³-hybridized carbons (Fsp3) is 0.579. The van der Waals surface area contributed by atoms with Gasteiger partial charge < -0.3 is 14.8 Å². The van der Waals surface area contributed by atoms with E-state index in [4.69, 9.17) is 0 Å². The minimum absolute atomic E-state index is 0.606. The molecule has 4 rings (SSSR count). The first-order valence-electron chi connectivity index (χ1n) is 9.08. The van der Waals surface area contributed by atoms with Gasteiger partial charge in [-0.3, -0.25) is 4.99 Å². The number of hydrogen-bond acceptors (Lipinski definition) is 2. The second-order valence-corrected chi connectivity index (χ2v) is 7.30. The van der Waals surface area contributed by atoms with Gasteiger partial charge in [0, 0.05) is 33.2 Å². The maximum atomic E-state index is 4.64. The molecule has 5 heteroatoms. The summed E-state index contributed by atoms with van der Waals surface area (Å²) in [5.74, 6) is 2.13. The summed E-state index contributed by atoms with van der Waals surface area (Å²) in [4.78, 5) is 11.6. The van der Waals surface area contributed by atoms with Crippen LogP contribution in [-0.4, -0.2) is 47.1 Å². The molecule has 1 spiro atoms. The van der Waals surface area contributed by atoms with Crippen LogP contribution in [0.3, 0.4) is 0 Å². The normalized spacial score (nSPS) is 19.9. The second kappa shape index (κ2) is 6.11. The van der Waals surface area contributed by atoms with E-state index in [0.29, 0.717) is 5.41 Å². The number of likely N-dealkylation sites (tertiary alicyclic amines) is 1. The summed E-state index contributed by atoms with van der Waals surface area (Å²) in [5, 5.41) is 3.55. The summed E-state index contributed by atoms with van der Waals surface area (Å²) >= 11 is 0. The van der Waals surface area contributed by atoms with Gasteiger partial charge in [-0.2, -0.15) is 0 Å². The van der Waals surface area contributed by atoms with Gasteiger partial charge in [-0.05, 0) is 43.7 Å². The van der Waals surface area contributed by atoms with Crippen LogP contribution < -0.4 is 5.32 Å². The number of nitrogens with one attached hydrogen (secondary N) is 1. The number of aromatic nitrogens is 2. The maximum Gasteiger partial charge on any atom is 0.193 e. The van der Waals surface area contributed by atoms with E-state index in [1.54, 1.807) is 0 Å². The maximum absolute atomic E-state index is 4.64. The molecule has 5 nitrogen and oxygen atoms in total. The standard InChI is InChI=1S/C19H27N5/c1-15-22-16-6-3-4-7-17(16)24(15)13-11-21-18(20-2)23-12-10-19(14-23)8-5-9-19/h3-4,6-7H,5,8-14H2,1-2H3,(H,20,21). The lowest BCUT2D eigenvalue weighted by molar-refractivity contribution is 0.151. The van der Waals surface area contributed by atoms with Crippen LogP contribution in [0, 0.1) is 12.3 Å². The van der Waals surface area contributed by atoms with Crippen LogP contribution >= 0.6 is 0 Å². The minimum Gasteiger partial charge on any atom is -0.354 e. The van der Waals surface area contributed by atoms with Gasteiger partial charge in [0.25, 0.3) is 0 Å². The average Bonchev–Trinajstić information content (AvgIpc) is 3.13. The molecule has 128 valence electrons. The van der Waals surface area contributed by atoms with Gasteiger partial charge >= 0.3 is 0 Å². The van der Waals surface area contributed by atoms with Crippen LogP contribution in [0.5, 0.6) is 0 Å². The molecule has 1 aliphatic heterocycles. The number of aliphatic imine (C=N–C) groups is 1. The lowest BCUT2D eigenvalue weighted by Gasteiger charge is -2.38. The Morgan fingerprint density at radius 2 is 2.12 bits per heavy atom. The molecule has 24 heavy (non-hydrogen) atoms. The molecule has 0 radical (unpaired) electrons. The molecule has 1 aromatic heterocycles. The van der Waals surface area contributed by atoms with E-state index in [1.807, 2.05) is 13.1 Å². The van der Waals surface area contributed by atoms with Crippen molar-refractivity contribution < 1.29 is 0 Å². The van der Waals surface area contributed by atoms with Crippen LogP contribution in [0.15, 0.2) is 29.3 Å². The van der Waals surface area contributed by atoms with Gasteiger partial charge in [-0.15, -0.1) is 0 Å². The van der Waals surface area contributed by atoms with Gasteiger partial charge in [0.1, 0.15) is 5.82 Å². The molecule has 0 amide bonds. The third-order valence-corrected chi connectivity index (χ3v) is 5.83. The Morgan fingerprint density at radius 1 is 1.29 bits per heavy atom. The molecule has 2 fully saturated rings. The number of rotatable bonds is 3. The fourth-order valence-corrected chi connectivity index (χ4v) is 4.29. The van der Waals surface area contributed by atoms with E-state index in [9.17, 15) is 0 Å². The number of fused-ring (bicyclic) bond motifs is 1. The van der Waals surface area contributed by atoms with E-state index in [1.165, 1.54) is 37.7 Å². The van der Waals surface area contributed by atoms with Crippen molar-refractivity contribution in [2.45, 2.75) is 39.2 Å². The largest absolute Gasteiger partial charge is 0.354 e. The number of guanidine groups is 1. The lowest BCUT2D eigenvalue weighted by Crippen LogP contribution is -2.43. The van der Waals surface area contributed by atoms with E-state index >= 15 is 0 Å². The molecular weight excluding hydrogens is 298 g/mol. The summed E-state index contributed by atoms with van der Waals surface area (Å²) in [5.41, 5.74) is 2.89. The van der Waals surface area contributed by atoms with Gasteiger partial charge in [-0.25, -0.2) is 4.98 Å². The molecule has 2 aromatic rings. The van der Waals surface area contributed by atoms with Crippen molar-refractivity contribution in [2.75, 3.05) is 26.7 Å². The zero-order chi connectivity index (χ0) is 16.6. The van der Waals surface area contributed by atoms with Crippen LogP contribution in [-0.2, 0) is 6.54 Å². The molecule has 1 saturated heterocycles. The van der Waals surface area contributed by atoms with E-state index in [2.05, 4.69) is 49.9 Å². The third-order valence-electron chi connectivity index (χ3n) is 5.83. The molecule has 1 aromatic carbocycles. The van der Waals surface area contributed by atoms with Crippen molar-refractivity contribution in [1.29, 1.82) is 0 Å². The first-order chi connectivity index (χ1) is 11.7. The topological polar surface area (TPSA) is 45.5 Å². The zero-order valence-corrected chi connectivity index (χ0v) is 14.8. The Bertz CT molecular complexity index is 756. The highest BCUT2D eigenvalue weighted by Crippen LogP contribution is 2.47. The van der Waals surface area contributed by atoms with Gasteiger partial charge in [0.2, 0.25) is 0 Å². The van der Waals surface area contributed by atoms with Crippen molar-refractivity contribution in [3.8, 4) is 0 Å². The number of hydrogen-bond donors (Lipinski definition) is 1. The highest BCUT2D eigenvalue weighted by atomic mass is 15.3. The second-order valence-electron chi connectivity index (χ2n) is 7.30. The van der Waals surface area contributed by atoms with Crippen LogP contribution in [0.1, 0.15) is 31.5 Å². The first kappa shape index (κ1) is 15.5. The number of para-hydroxylation sites is 2. The first-order valence-corrected chi connectivity index (χ1v) is 9.08. The van der Waals surface area contributed by atoms with Crippen molar-refractivity contribution in [2.24, 2.45) is 10.4 Å². The summed E-state index contributed by atoms with van der Waals surface area (Å²) in [6, 6.07) is 8.34. The summed E-state index contributed by atoms with van der Waals surface area (Å²) in [6.07, 6.45) is 5.55. The Morgan fingerprint density at radius 3 is 2.83 bits per heavy atom. The third kappa shape index (κ3) is 2.66. The van der Waals surface area contributed by atoms with Gasteiger partial charge in [0.15, 0.2) is 5.96 Å². The van der Waals surface area contributed by atoms with Gasteiger partial charge in [0.05, 0.1) is 11.0 Å². The molecule has 0 bridgehead atoms. The molecule has 0 unspecified atom stereocenters. The molecule has 0 atom stereocenters. The Kier molecular flexibility index (Phi) is 3.94. The molecule has 2 aliphatic rings. The summed E-state index contributed by atoms with van der Waals surface area (Å²) < 4.78 is 2.28. The van der Waals surface area contributed by atoms with Crippen molar-refractivity contribution in [3.63, 3.8) is 0 Å². The summed E-state index contributed by atoms with van der Waals surface area (Å²) in [7, 11) is 1.89. The Hall–Kier alpha value is -2.04.